The molecule has 0 saturated carbocycles. The Balaban J connectivity index is 2.10. The molecule has 2 unspecified atom stereocenters. The maximum atomic E-state index is 11.7. The monoisotopic (exact) mass is 261 g/mol. The molecule has 1 fully saturated rings. The predicted octanol–water partition coefficient (Wildman–Crippen LogP) is 0.735. The number of rotatable bonds is 6. The van der Waals surface area contributed by atoms with Gasteiger partial charge in [0.05, 0.1) is 11.9 Å². The van der Waals surface area contributed by atoms with E-state index in [0.29, 0.717) is 18.9 Å². The van der Waals surface area contributed by atoms with Gasteiger partial charge in [-0.2, -0.15) is 0 Å². The Kier molecular flexibility index (Phi) is 6.36. The molecule has 2 atom stereocenters. The number of hydrogen-bond acceptors (Lipinski definition) is 4. The highest BCUT2D eigenvalue weighted by molar-refractivity contribution is 7.99. The number of hydrogen-bond donors (Lipinski definition) is 2. The van der Waals surface area contributed by atoms with E-state index >= 15 is 0 Å². The normalized spacial score (nSPS) is 24.3. The molecule has 5 nitrogen and oxygen atoms in total. The second-order valence-electron chi connectivity index (χ2n) is 4.14. The summed E-state index contributed by atoms with van der Waals surface area (Å²) in [6, 6.07) is 0. The molecule has 1 heterocycles. The summed E-state index contributed by atoms with van der Waals surface area (Å²) < 4.78 is 5.38. The van der Waals surface area contributed by atoms with Crippen LogP contribution in [0.4, 0.5) is 0 Å². The molecule has 1 amide bonds. The van der Waals surface area contributed by atoms with Crippen molar-refractivity contribution in [3.05, 3.63) is 0 Å². The third kappa shape index (κ3) is 5.93. The van der Waals surface area contributed by atoms with Crippen LogP contribution in [0.3, 0.4) is 0 Å². The number of thioether (sulfide) groups is 1. The fraction of sp³-hybridized carbons (Fsp3) is 0.818. The zero-order chi connectivity index (χ0) is 12.7. The van der Waals surface area contributed by atoms with E-state index in [1.165, 1.54) is 11.8 Å². The van der Waals surface area contributed by atoms with Gasteiger partial charge in [-0.15, -0.1) is 11.8 Å². The highest BCUT2D eigenvalue weighted by Gasteiger charge is 2.24. The second-order valence-corrected chi connectivity index (χ2v) is 5.25. The summed E-state index contributed by atoms with van der Waals surface area (Å²) in [6.07, 6.45) is 1.70. The van der Waals surface area contributed by atoms with Crippen molar-refractivity contribution in [2.24, 2.45) is 5.92 Å². The summed E-state index contributed by atoms with van der Waals surface area (Å²) in [7, 11) is 0. The average molecular weight is 261 g/mol. The van der Waals surface area contributed by atoms with Crippen molar-refractivity contribution in [1.82, 2.24) is 5.32 Å². The van der Waals surface area contributed by atoms with Gasteiger partial charge in [-0.25, -0.2) is 0 Å². The number of carbonyl (C=O) groups excluding carboxylic acids is 1. The molecular formula is C11H19NO4S. The lowest BCUT2D eigenvalue weighted by atomic mass is 9.95. The van der Waals surface area contributed by atoms with Crippen molar-refractivity contribution in [2.75, 3.05) is 24.7 Å². The van der Waals surface area contributed by atoms with Gasteiger partial charge in [0, 0.05) is 24.8 Å². The van der Waals surface area contributed by atoms with E-state index in [1.807, 2.05) is 6.92 Å². The number of amides is 1. The van der Waals surface area contributed by atoms with E-state index in [9.17, 15) is 9.59 Å². The maximum absolute atomic E-state index is 11.7. The van der Waals surface area contributed by atoms with Gasteiger partial charge in [0.1, 0.15) is 0 Å². The summed E-state index contributed by atoms with van der Waals surface area (Å²) in [5.74, 6) is 0.0138. The molecule has 98 valence electrons. The number of carboxylic acids is 1. The smallest absolute Gasteiger partial charge is 0.313 e. The van der Waals surface area contributed by atoms with Crippen LogP contribution in [0, 0.1) is 5.92 Å². The van der Waals surface area contributed by atoms with Crippen molar-refractivity contribution in [1.29, 1.82) is 0 Å². The molecule has 0 radical (unpaired) electrons. The minimum Gasteiger partial charge on any atom is -0.481 e. The summed E-state index contributed by atoms with van der Waals surface area (Å²) in [5.41, 5.74) is 0. The minimum absolute atomic E-state index is 0.0447. The zero-order valence-electron chi connectivity index (χ0n) is 9.98. The third-order valence-electron chi connectivity index (χ3n) is 2.63. The first kappa shape index (κ1) is 14.3. The topological polar surface area (TPSA) is 75.6 Å². The van der Waals surface area contributed by atoms with Gasteiger partial charge in [0.2, 0.25) is 5.91 Å². The molecular weight excluding hydrogens is 242 g/mol. The largest absolute Gasteiger partial charge is 0.481 e. The number of carboxylic acid groups (broad SMARTS) is 1. The van der Waals surface area contributed by atoms with Crippen molar-refractivity contribution in [3.8, 4) is 0 Å². The van der Waals surface area contributed by atoms with Crippen molar-refractivity contribution < 1.29 is 19.4 Å². The van der Waals surface area contributed by atoms with Crippen LogP contribution < -0.4 is 5.32 Å². The van der Waals surface area contributed by atoms with Crippen LogP contribution in [-0.4, -0.2) is 47.7 Å². The van der Waals surface area contributed by atoms with Gasteiger partial charge in [0.25, 0.3) is 0 Å². The molecule has 1 rings (SSSR count). The quantitative estimate of drug-likeness (QED) is 0.690. The van der Waals surface area contributed by atoms with E-state index in [-0.39, 0.29) is 23.7 Å². The lowest BCUT2D eigenvalue weighted by Gasteiger charge is -2.26. The number of aliphatic carboxylic acids is 1. The van der Waals surface area contributed by atoms with Crippen LogP contribution in [0.2, 0.25) is 0 Å². The molecule has 0 bridgehead atoms. The van der Waals surface area contributed by atoms with Gasteiger partial charge >= 0.3 is 5.97 Å². The van der Waals surface area contributed by atoms with Crippen LogP contribution in [0.15, 0.2) is 0 Å². The molecule has 0 spiro atoms. The number of ether oxygens (including phenoxy) is 1. The SMILES string of the molecule is CC1CC(C(=O)NCCSCC(=O)O)CCO1. The molecule has 6 heteroatoms. The standard InChI is InChI=1S/C11H19NO4S/c1-8-6-9(2-4-16-8)11(15)12-3-5-17-7-10(13)14/h8-9H,2-7H2,1H3,(H,12,15)(H,13,14). The molecule has 17 heavy (non-hydrogen) atoms. The zero-order valence-corrected chi connectivity index (χ0v) is 10.8. The number of carbonyl (C=O) groups is 2. The minimum atomic E-state index is -0.820. The van der Waals surface area contributed by atoms with Crippen LogP contribution in [0.25, 0.3) is 0 Å². The van der Waals surface area contributed by atoms with Crippen molar-refractivity contribution in [2.45, 2.75) is 25.9 Å². The first-order valence-corrected chi connectivity index (χ1v) is 6.94. The number of nitrogens with one attached hydrogen (secondary N) is 1. The molecule has 1 aliphatic rings. The van der Waals surface area contributed by atoms with Crippen LogP contribution in [0.1, 0.15) is 19.8 Å². The van der Waals surface area contributed by atoms with E-state index in [0.717, 1.165) is 12.8 Å². The lowest BCUT2D eigenvalue weighted by Crippen LogP contribution is -2.37. The Labute approximate surface area is 105 Å². The second kappa shape index (κ2) is 7.55. The average Bonchev–Trinajstić information content (AvgIpc) is 2.28. The summed E-state index contributed by atoms with van der Waals surface area (Å²) in [4.78, 5) is 22.0. The third-order valence-corrected chi connectivity index (χ3v) is 3.57. The molecule has 0 aliphatic carbocycles. The molecule has 0 aromatic rings. The van der Waals surface area contributed by atoms with Gasteiger partial charge < -0.3 is 15.2 Å². The van der Waals surface area contributed by atoms with Gasteiger partial charge in [-0.1, -0.05) is 0 Å². The first-order valence-electron chi connectivity index (χ1n) is 5.78. The first-order chi connectivity index (χ1) is 8.09. The predicted molar refractivity (Wildman–Crippen MR) is 66.1 cm³/mol. The van der Waals surface area contributed by atoms with E-state index < -0.39 is 5.97 Å². The van der Waals surface area contributed by atoms with Crippen LogP contribution in [0.5, 0.6) is 0 Å². The highest BCUT2D eigenvalue weighted by atomic mass is 32.2. The lowest BCUT2D eigenvalue weighted by molar-refractivity contribution is -0.134. The molecule has 1 aliphatic heterocycles. The molecule has 0 aromatic carbocycles. The van der Waals surface area contributed by atoms with Crippen molar-refractivity contribution >= 4 is 23.6 Å². The Bertz CT molecular complexity index is 272. The van der Waals surface area contributed by atoms with Gasteiger partial charge in [-0.05, 0) is 19.8 Å². The summed E-state index contributed by atoms with van der Waals surface area (Å²) in [5, 5.41) is 11.3. The van der Waals surface area contributed by atoms with Crippen LogP contribution in [-0.2, 0) is 14.3 Å². The Hall–Kier alpha value is -0.750. The molecule has 0 aromatic heterocycles. The molecule has 1 saturated heterocycles. The van der Waals surface area contributed by atoms with E-state index in [1.54, 1.807) is 0 Å². The van der Waals surface area contributed by atoms with Crippen molar-refractivity contribution in [3.63, 3.8) is 0 Å². The van der Waals surface area contributed by atoms with Crippen LogP contribution >= 0.6 is 11.8 Å². The van der Waals surface area contributed by atoms with E-state index in [4.69, 9.17) is 9.84 Å². The van der Waals surface area contributed by atoms with E-state index in [2.05, 4.69) is 5.32 Å². The molecule has 2 N–H and O–H groups in total. The van der Waals surface area contributed by atoms with Gasteiger partial charge in [-0.3, -0.25) is 9.59 Å². The fourth-order valence-electron chi connectivity index (χ4n) is 1.79. The summed E-state index contributed by atoms with van der Waals surface area (Å²) in [6.45, 7) is 3.15. The highest BCUT2D eigenvalue weighted by Crippen LogP contribution is 2.19. The summed E-state index contributed by atoms with van der Waals surface area (Å²) >= 11 is 1.31. The Morgan fingerprint density at radius 1 is 1.53 bits per heavy atom. The Morgan fingerprint density at radius 3 is 2.94 bits per heavy atom. The van der Waals surface area contributed by atoms with Gasteiger partial charge in [0.15, 0.2) is 0 Å². The maximum Gasteiger partial charge on any atom is 0.313 e. The Morgan fingerprint density at radius 2 is 2.29 bits per heavy atom. The fourth-order valence-corrected chi connectivity index (χ4v) is 2.35.